The van der Waals surface area contributed by atoms with Crippen molar-refractivity contribution in [1.29, 1.82) is 5.26 Å². The molecule has 0 spiro atoms. The van der Waals surface area contributed by atoms with Gasteiger partial charge in [0.2, 0.25) is 5.91 Å². The first-order chi connectivity index (χ1) is 15.5. The molecule has 1 fully saturated rings. The van der Waals surface area contributed by atoms with E-state index in [4.69, 9.17) is 5.73 Å². The fourth-order valence-corrected chi connectivity index (χ4v) is 3.98. The third kappa shape index (κ3) is 5.61. The number of benzene rings is 2. The van der Waals surface area contributed by atoms with Crippen LogP contribution in [0, 0.1) is 11.3 Å². The highest BCUT2D eigenvalue weighted by Crippen LogP contribution is 2.29. The average Bonchev–Trinajstić information content (AvgIpc) is 2.83. The van der Waals surface area contributed by atoms with Gasteiger partial charge in [-0.25, -0.2) is 0 Å². The molecule has 2 N–H and O–H groups in total. The summed E-state index contributed by atoms with van der Waals surface area (Å²) in [5, 5.41) is 9.52. The molecule has 0 saturated carbocycles. The van der Waals surface area contributed by atoms with Crippen molar-refractivity contribution in [2.45, 2.75) is 13.0 Å². The zero-order valence-electron chi connectivity index (χ0n) is 18.4. The summed E-state index contributed by atoms with van der Waals surface area (Å²) in [6, 6.07) is 22.7. The third-order valence-corrected chi connectivity index (χ3v) is 5.61. The molecule has 7 heteroatoms. The Morgan fingerprint density at radius 3 is 2.00 bits per heavy atom. The summed E-state index contributed by atoms with van der Waals surface area (Å²) in [7, 11) is 0. The SMILES string of the molecule is CC(=O)N(/C=C(/C#N)C(=O)N1CCN(C(c2ccccc2)c2ccccc2)CC1)CCN. The molecule has 0 bridgehead atoms. The Labute approximate surface area is 189 Å². The van der Waals surface area contributed by atoms with Crippen molar-refractivity contribution < 1.29 is 9.59 Å². The highest BCUT2D eigenvalue weighted by molar-refractivity contribution is 5.97. The molecule has 1 aliphatic heterocycles. The number of rotatable bonds is 7. The van der Waals surface area contributed by atoms with Crippen LogP contribution in [-0.4, -0.2) is 65.8 Å². The largest absolute Gasteiger partial charge is 0.335 e. The summed E-state index contributed by atoms with van der Waals surface area (Å²) in [6.45, 7) is 4.27. The van der Waals surface area contributed by atoms with Gasteiger partial charge in [0.1, 0.15) is 11.6 Å². The van der Waals surface area contributed by atoms with E-state index in [9.17, 15) is 14.9 Å². The minimum absolute atomic E-state index is 0.0511. The smallest absolute Gasteiger partial charge is 0.266 e. The van der Waals surface area contributed by atoms with Gasteiger partial charge in [0.05, 0.1) is 6.04 Å². The first-order valence-corrected chi connectivity index (χ1v) is 10.8. The zero-order valence-corrected chi connectivity index (χ0v) is 18.4. The molecule has 1 heterocycles. The van der Waals surface area contributed by atoms with Crippen LogP contribution in [-0.2, 0) is 9.59 Å². The van der Waals surface area contributed by atoms with Gasteiger partial charge in [0.15, 0.2) is 0 Å². The maximum absolute atomic E-state index is 13.0. The van der Waals surface area contributed by atoms with E-state index in [2.05, 4.69) is 29.2 Å². The molecule has 0 radical (unpaired) electrons. The first kappa shape index (κ1) is 23.2. The number of hydrogen-bond acceptors (Lipinski definition) is 5. The number of nitriles is 1. The van der Waals surface area contributed by atoms with E-state index in [0.29, 0.717) is 26.2 Å². The Hall–Kier alpha value is -3.47. The van der Waals surface area contributed by atoms with Crippen LogP contribution in [0.15, 0.2) is 72.4 Å². The van der Waals surface area contributed by atoms with Crippen molar-refractivity contribution >= 4 is 11.8 Å². The van der Waals surface area contributed by atoms with E-state index in [1.807, 2.05) is 42.5 Å². The molecule has 166 valence electrons. The van der Waals surface area contributed by atoms with Crippen molar-refractivity contribution in [3.63, 3.8) is 0 Å². The fraction of sp³-hybridized carbons (Fsp3) is 0.320. The van der Waals surface area contributed by atoms with Gasteiger partial charge >= 0.3 is 0 Å². The third-order valence-electron chi connectivity index (χ3n) is 5.61. The molecular formula is C25H29N5O2. The monoisotopic (exact) mass is 431 g/mol. The number of carbonyl (C=O) groups excluding carboxylic acids is 2. The van der Waals surface area contributed by atoms with E-state index >= 15 is 0 Å². The summed E-state index contributed by atoms with van der Waals surface area (Å²) >= 11 is 0. The Kier molecular flexibility index (Phi) is 8.14. The van der Waals surface area contributed by atoms with Crippen LogP contribution in [0.5, 0.6) is 0 Å². The molecule has 2 aromatic carbocycles. The Balaban J connectivity index is 1.74. The second-order valence-corrected chi connectivity index (χ2v) is 7.71. The van der Waals surface area contributed by atoms with Crippen molar-refractivity contribution in [1.82, 2.24) is 14.7 Å². The number of carbonyl (C=O) groups is 2. The second-order valence-electron chi connectivity index (χ2n) is 7.71. The highest BCUT2D eigenvalue weighted by atomic mass is 16.2. The molecule has 1 aliphatic rings. The number of amides is 2. The van der Waals surface area contributed by atoms with Gasteiger partial charge in [-0.15, -0.1) is 0 Å². The van der Waals surface area contributed by atoms with Gasteiger partial charge in [0, 0.05) is 52.4 Å². The fourth-order valence-electron chi connectivity index (χ4n) is 3.98. The molecule has 0 aromatic heterocycles. The Morgan fingerprint density at radius 2 is 1.56 bits per heavy atom. The molecule has 32 heavy (non-hydrogen) atoms. The maximum atomic E-state index is 13.0. The topological polar surface area (TPSA) is 93.7 Å². The van der Waals surface area contributed by atoms with Crippen molar-refractivity contribution in [2.24, 2.45) is 5.73 Å². The predicted molar refractivity (Wildman–Crippen MR) is 123 cm³/mol. The number of piperazine rings is 1. The van der Waals surface area contributed by atoms with E-state index < -0.39 is 0 Å². The number of nitrogens with zero attached hydrogens (tertiary/aromatic N) is 4. The zero-order chi connectivity index (χ0) is 22.9. The van der Waals surface area contributed by atoms with Crippen LogP contribution >= 0.6 is 0 Å². The van der Waals surface area contributed by atoms with Crippen LogP contribution in [0.4, 0.5) is 0 Å². The molecule has 7 nitrogen and oxygen atoms in total. The first-order valence-electron chi connectivity index (χ1n) is 10.8. The van der Waals surface area contributed by atoms with Crippen LogP contribution < -0.4 is 5.73 Å². The van der Waals surface area contributed by atoms with Crippen LogP contribution in [0.3, 0.4) is 0 Å². The molecule has 0 atom stereocenters. The summed E-state index contributed by atoms with van der Waals surface area (Å²) in [6.07, 6.45) is 1.32. The summed E-state index contributed by atoms with van der Waals surface area (Å²) < 4.78 is 0. The minimum Gasteiger partial charge on any atom is -0.335 e. The van der Waals surface area contributed by atoms with Gasteiger partial charge in [-0.05, 0) is 11.1 Å². The molecular weight excluding hydrogens is 402 g/mol. The lowest BCUT2D eigenvalue weighted by Gasteiger charge is -2.39. The summed E-state index contributed by atoms with van der Waals surface area (Å²) in [4.78, 5) is 30.1. The number of hydrogen-bond donors (Lipinski definition) is 1. The molecule has 0 unspecified atom stereocenters. The van der Waals surface area contributed by atoms with Crippen molar-refractivity contribution in [3.05, 3.63) is 83.6 Å². The maximum Gasteiger partial charge on any atom is 0.266 e. The molecule has 1 saturated heterocycles. The van der Waals surface area contributed by atoms with Crippen LogP contribution in [0.2, 0.25) is 0 Å². The van der Waals surface area contributed by atoms with E-state index in [1.54, 1.807) is 4.90 Å². The Bertz CT molecular complexity index is 937. The number of nitrogens with two attached hydrogens (primary N) is 1. The molecule has 0 aliphatic carbocycles. The minimum atomic E-state index is -0.355. The van der Waals surface area contributed by atoms with Crippen molar-refractivity contribution in [2.75, 3.05) is 39.3 Å². The average molecular weight is 432 g/mol. The summed E-state index contributed by atoms with van der Waals surface area (Å²) in [5.74, 6) is -0.610. The molecule has 2 aromatic rings. The van der Waals surface area contributed by atoms with Crippen LogP contribution in [0.1, 0.15) is 24.1 Å². The van der Waals surface area contributed by atoms with Gasteiger partial charge in [-0.1, -0.05) is 60.7 Å². The van der Waals surface area contributed by atoms with E-state index in [0.717, 1.165) is 0 Å². The molecule has 3 rings (SSSR count). The van der Waals surface area contributed by atoms with Gasteiger partial charge in [-0.3, -0.25) is 14.5 Å². The standard InChI is InChI=1S/C25H29N5O2/c1-20(31)30(13-12-26)19-23(18-27)25(32)29-16-14-28(15-17-29)24(21-8-4-2-5-9-21)22-10-6-3-7-11-22/h2-11,19,24H,12-17,26H2,1H3/b23-19-. The van der Waals surface area contributed by atoms with E-state index in [1.165, 1.54) is 29.2 Å². The lowest BCUT2D eigenvalue weighted by molar-refractivity contribution is -0.128. The lowest BCUT2D eigenvalue weighted by Crippen LogP contribution is -2.50. The van der Waals surface area contributed by atoms with Gasteiger partial charge in [-0.2, -0.15) is 5.26 Å². The Morgan fingerprint density at radius 1 is 1.03 bits per heavy atom. The quantitative estimate of drug-likeness (QED) is 0.535. The van der Waals surface area contributed by atoms with Crippen molar-refractivity contribution in [3.8, 4) is 6.07 Å². The van der Waals surface area contributed by atoms with Gasteiger partial charge in [0.25, 0.3) is 5.91 Å². The summed E-state index contributed by atoms with van der Waals surface area (Å²) in [5.41, 5.74) is 7.89. The van der Waals surface area contributed by atoms with E-state index in [-0.39, 0.29) is 36.5 Å². The second kappa shape index (κ2) is 11.2. The molecule has 2 amide bonds. The normalized spacial score (nSPS) is 14.8. The highest BCUT2D eigenvalue weighted by Gasteiger charge is 2.29. The van der Waals surface area contributed by atoms with Crippen LogP contribution in [0.25, 0.3) is 0 Å². The van der Waals surface area contributed by atoms with Gasteiger partial charge < -0.3 is 15.5 Å². The lowest BCUT2D eigenvalue weighted by atomic mass is 9.96. The predicted octanol–water partition coefficient (Wildman–Crippen LogP) is 2.13.